The van der Waals surface area contributed by atoms with Crippen LogP contribution in [-0.4, -0.2) is 19.0 Å². The summed E-state index contributed by atoms with van der Waals surface area (Å²) < 4.78 is 18.5. The Morgan fingerprint density at radius 1 is 1.53 bits per heavy atom. The maximum absolute atomic E-state index is 13.4. The summed E-state index contributed by atoms with van der Waals surface area (Å²) in [4.78, 5) is 11.6. The summed E-state index contributed by atoms with van der Waals surface area (Å²) in [7, 11) is 1.61. The zero-order valence-corrected chi connectivity index (χ0v) is 10.8. The Balaban J connectivity index is 2.50. The molecule has 0 saturated heterocycles. The van der Waals surface area contributed by atoms with Gasteiger partial charge in [-0.15, -0.1) is 0 Å². The van der Waals surface area contributed by atoms with Crippen LogP contribution in [0.2, 0.25) is 5.02 Å². The topological polar surface area (TPSA) is 26.3 Å². The molecule has 0 N–H and O–H groups in total. The van der Waals surface area contributed by atoms with Crippen LogP contribution in [0.4, 0.5) is 4.39 Å². The Morgan fingerprint density at radius 3 is 2.82 bits per heavy atom. The molecular formula is C13H16ClFO2. The van der Waals surface area contributed by atoms with Gasteiger partial charge in [0.25, 0.3) is 0 Å². The van der Waals surface area contributed by atoms with Crippen molar-refractivity contribution in [3.05, 3.63) is 34.6 Å². The van der Waals surface area contributed by atoms with Crippen LogP contribution in [0.25, 0.3) is 0 Å². The number of hydrogen-bond donors (Lipinski definition) is 0. The molecule has 0 fully saturated rings. The number of methoxy groups -OCH3 is 1. The van der Waals surface area contributed by atoms with Crippen molar-refractivity contribution in [1.82, 2.24) is 0 Å². The SMILES string of the molecule is COC(C)CCC(=O)Cc1ccc(Cl)cc1F. The fourth-order valence-electron chi connectivity index (χ4n) is 1.45. The molecule has 0 saturated carbocycles. The number of carbonyl (C=O) groups is 1. The molecule has 4 heteroatoms. The number of ketones is 1. The molecule has 0 heterocycles. The highest BCUT2D eigenvalue weighted by Crippen LogP contribution is 2.16. The zero-order valence-electron chi connectivity index (χ0n) is 10.0. The number of rotatable bonds is 6. The Kier molecular flexibility index (Phi) is 5.59. The first-order valence-corrected chi connectivity index (χ1v) is 5.89. The molecule has 0 aliphatic carbocycles. The van der Waals surface area contributed by atoms with Crippen molar-refractivity contribution in [3.63, 3.8) is 0 Å². The van der Waals surface area contributed by atoms with E-state index in [2.05, 4.69) is 0 Å². The smallest absolute Gasteiger partial charge is 0.137 e. The molecule has 0 aromatic heterocycles. The van der Waals surface area contributed by atoms with Crippen LogP contribution in [0.15, 0.2) is 18.2 Å². The van der Waals surface area contributed by atoms with Crippen LogP contribution in [0.1, 0.15) is 25.3 Å². The Morgan fingerprint density at radius 2 is 2.24 bits per heavy atom. The van der Waals surface area contributed by atoms with Gasteiger partial charge in [0, 0.05) is 25.0 Å². The van der Waals surface area contributed by atoms with Gasteiger partial charge in [-0.3, -0.25) is 4.79 Å². The van der Waals surface area contributed by atoms with Crippen molar-refractivity contribution < 1.29 is 13.9 Å². The summed E-state index contributed by atoms with van der Waals surface area (Å²) in [6, 6.07) is 4.36. The predicted molar refractivity (Wildman–Crippen MR) is 65.8 cm³/mol. The summed E-state index contributed by atoms with van der Waals surface area (Å²) >= 11 is 5.63. The third-order valence-electron chi connectivity index (χ3n) is 2.63. The van der Waals surface area contributed by atoms with Crippen molar-refractivity contribution >= 4 is 17.4 Å². The second-order valence-corrected chi connectivity index (χ2v) is 4.47. The minimum Gasteiger partial charge on any atom is -0.382 e. The van der Waals surface area contributed by atoms with Gasteiger partial charge in [0.05, 0.1) is 6.10 Å². The molecule has 1 aromatic rings. The quantitative estimate of drug-likeness (QED) is 0.782. The molecule has 0 bridgehead atoms. The number of carbonyl (C=O) groups excluding carboxylic acids is 1. The number of ether oxygens (including phenoxy) is 1. The average molecular weight is 259 g/mol. The molecule has 0 amide bonds. The highest BCUT2D eigenvalue weighted by atomic mass is 35.5. The molecule has 17 heavy (non-hydrogen) atoms. The van der Waals surface area contributed by atoms with E-state index in [1.807, 2.05) is 6.92 Å². The van der Waals surface area contributed by atoms with Crippen LogP contribution < -0.4 is 0 Å². The molecule has 0 radical (unpaired) electrons. The van der Waals surface area contributed by atoms with E-state index in [-0.39, 0.29) is 18.3 Å². The minimum atomic E-state index is -0.425. The Bertz CT molecular complexity index is 393. The summed E-state index contributed by atoms with van der Waals surface area (Å²) in [5.74, 6) is -0.416. The molecular weight excluding hydrogens is 243 g/mol. The number of Topliss-reactive ketones (excluding diaryl/α,β-unsaturated/α-hetero) is 1. The molecule has 0 spiro atoms. The second kappa shape index (κ2) is 6.72. The van der Waals surface area contributed by atoms with Gasteiger partial charge in [0.1, 0.15) is 11.6 Å². The minimum absolute atomic E-state index is 0.00937. The van der Waals surface area contributed by atoms with Gasteiger partial charge in [0.15, 0.2) is 0 Å². The van der Waals surface area contributed by atoms with E-state index in [1.54, 1.807) is 19.2 Å². The Labute approximate surface area is 106 Å². The van der Waals surface area contributed by atoms with Gasteiger partial charge in [-0.1, -0.05) is 17.7 Å². The second-order valence-electron chi connectivity index (χ2n) is 4.04. The van der Waals surface area contributed by atoms with E-state index in [0.717, 1.165) is 0 Å². The Hall–Kier alpha value is -0.930. The third kappa shape index (κ3) is 4.84. The maximum atomic E-state index is 13.4. The summed E-state index contributed by atoms with van der Waals surface area (Å²) in [5.41, 5.74) is 0.393. The van der Waals surface area contributed by atoms with Crippen molar-refractivity contribution in [2.75, 3.05) is 7.11 Å². The lowest BCUT2D eigenvalue weighted by molar-refractivity contribution is -0.119. The van der Waals surface area contributed by atoms with Gasteiger partial charge >= 0.3 is 0 Å². The van der Waals surface area contributed by atoms with E-state index in [0.29, 0.717) is 23.4 Å². The number of benzene rings is 1. The van der Waals surface area contributed by atoms with Crippen LogP contribution in [-0.2, 0) is 16.0 Å². The van der Waals surface area contributed by atoms with Crippen LogP contribution >= 0.6 is 11.6 Å². The van der Waals surface area contributed by atoms with Gasteiger partial charge < -0.3 is 4.74 Å². The lowest BCUT2D eigenvalue weighted by Crippen LogP contribution is -2.10. The fraction of sp³-hybridized carbons (Fsp3) is 0.462. The third-order valence-corrected chi connectivity index (χ3v) is 2.87. The van der Waals surface area contributed by atoms with Gasteiger partial charge in [-0.2, -0.15) is 0 Å². The lowest BCUT2D eigenvalue weighted by atomic mass is 10.0. The standard InChI is InChI=1S/C13H16ClFO2/c1-9(17-2)3-6-12(16)7-10-4-5-11(14)8-13(10)15/h4-5,8-9H,3,6-7H2,1-2H3. The van der Waals surface area contributed by atoms with Gasteiger partial charge in [0.2, 0.25) is 0 Å². The van der Waals surface area contributed by atoms with E-state index < -0.39 is 5.82 Å². The normalized spacial score (nSPS) is 12.5. The first kappa shape index (κ1) is 14.1. The number of halogens is 2. The van der Waals surface area contributed by atoms with E-state index in [9.17, 15) is 9.18 Å². The monoisotopic (exact) mass is 258 g/mol. The number of hydrogen-bond acceptors (Lipinski definition) is 2. The summed E-state index contributed by atoms with van der Waals surface area (Å²) in [6.45, 7) is 1.90. The maximum Gasteiger partial charge on any atom is 0.137 e. The van der Waals surface area contributed by atoms with E-state index >= 15 is 0 Å². The van der Waals surface area contributed by atoms with Crippen molar-refractivity contribution in [1.29, 1.82) is 0 Å². The van der Waals surface area contributed by atoms with Crippen molar-refractivity contribution in [2.45, 2.75) is 32.3 Å². The highest BCUT2D eigenvalue weighted by molar-refractivity contribution is 6.30. The zero-order chi connectivity index (χ0) is 12.8. The van der Waals surface area contributed by atoms with Crippen LogP contribution in [0.5, 0.6) is 0 Å². The molecule has 0 aliphatic rings. The van der Waals surface area contributed by atoms with Crippen LogP contribution in [0, 0.1) is 5.82 Å². The largest absolute Gasteiger partial charge is 0.382 e. The van der Waals surface area contributed by atoms with Gasteiger partial charge in [-0.05, 0) is 31.0 Å². The first-order chi connectivity index (χ1) is 8.02. The average Bonchev–Trinajstić information content (AvgIpc) is 2.29. The first-order valence-electron chi connectivity index (χ1n) is 5.51. The van der Waals surface area contributed by atoms with E-state index in [4.69, 9.17) is 16.3 Å². The molecule has 1 aromatic carbocycles. The molecule has 1 rings (SSSR count). The lowest BCUT2D eigenvalue weighted by Gasteiger charge is -2.08. The van der Waals surface area contributed by atoms with Crippen LogP contribution in [0.3, 0.4) is 0 Å². The highest BCUT2D eigenvalue weighted by Gasteiger charge is 2.10. The molecule has 0 aliphatic heterocycles. The van der Waals surface area contributed by atoms with E-state index in [1.165, 1.54) is 6.07 Å². The summed E-state index contributed by atoms with van der Waals surface area (Å²) in [6.07, 6.45) is 1.22. The molecule has 1 unspecified atom stereocenters. The molecule has 94 valence electrons. The van der Waals surface area contributed by atoms with Crippen molar-refractivity contribution in [3.8, 4) is 0 Å². The molecule has 2 nitrogen and oxygen atoms in total. The van der Waals surface area contributed by atoms with Crippen molar-refractivity contribution in [2.24, 2.45) is 0 Å². The summed E-state index contributed by atoms with van der Waals surface area (Å²) in [5, 5.41) is 0.340. The molecule has 1 atom stereocenters. The van der Waals surface area contributed by atoms with Gasteiger partial charge in [-0.25, -0.2) is 4.39 Å². The predicted octanol–water partition coefficient (Wildman–Crippen LogP) is 3.41. The fourth-order valence-corrected chi connectivity index (χ4v) is 1.61.